The van der Waals surface area contributed by atoms with Crippen LogP contribution in [-0.4, -0.2) is 57.8 Å². The van der Waals surface area contributed by atoms with Crippen molar-refractivity contribution in [2.75, 3.05) is 51.9 Å². The first-order chi connectivity index (χ1) is 14.1. The van der Waals surface area contributed by atoms with Crippen LogP contribution >= 0.6 is 0 Å². The minimum Gasteiger partial charge on any atom is -0.497 e. The summed E-state index contributed by atoms with van der Waals surface area (Å²) in [5.74, 6) is 2.01. The van der Waals surface area contributed by atoms with Gasteiger partial charge >= 0.3 is 0 Å². The molecule has 0 atom stereocenters. The third kappa shape index (κ3) is 5.22. The van der Waals surface area contributed by atoms with E-state index < -0.39 is 0 Å². The highest BCUT2D eigenvalue weighted by Gasteiger charge is 2.22. The number of hydrogen-bond acceptors (Lipinski definition) is 5. The Morgan fingerprint density at radius 3 is 2.48 bits per heavy atom. The predicted molar refractivity (Wildman–Crippen MR) is 115 cm³/mol. The number of methoxy groups -OCH3 is 2. The number of rotatable bonds is 7. The van der Waals surface area contributed by atoms with Gasteiger partial charge in [0.1, 0.15) is 5.75 Å². The Bertz CT molecular complexity index is 858. The van der Waals surface area contributed by atoms with Crippen LogP contribution in [-0.2, 0) is 4.79 Å². The molecule has 1 saturated heterocycles. The highest BCUT2D eigenvalue weighted by atomic mass is 16.5. The lowest BCUT2D eigenvalue weighted by molar-refractivity contribution is -0.133. The molecule has 0 spiro atoms. The lowest BCUT2D eigenvalue weighted by Gasteiger charge is -2.36. The van der Waals surface area contributed by atoms with Crippen LogP contribution in [0.5, 0.6) is 17.2 Å². The van der Waals surface area contributed by atoms with Crippen LogP contribution in [0.3, 0.4) is 0 Å². The number of benzene rings is 2. The maximum absolute atomic E-state index is 12.6. The summed E-state index contributed by atoms with van der Waals surface area (Å²) in [6.07, 6.45) is 3.95. The molecule has 0 aliphatic carbocycles. The molecule has 1 amide bonds. The zero-order valence-electron chi connectivity index (χ0n) is 17.3. The predicted octanol–water partition coefficient (Wildman–Crippen LogP) is 3.46. The second-order valence-corrected chi connectivity index (χ2v) is 6.77. The molecule has 0 unspecified atom stereocenters. The van der Waals surface area contributed by atoms with Crippen LogP contribution < -0.4 is 19.1 Å². The summed E-state index contributed by atoms with van der Waals surface area (Å²) in [5, 5.41) is 0. The summed E-state index contributed by atoms with van der Waals surface area (Å²) in [7, 11) is 3.26. The van der Waals surface area contributed by atoms with Gasteiger partial charge in [-0.15, -0.1) is 0 Å². The molecule has 6 nitrogen and oxygen atoms in total. The van der Waals surface area contributed by atoms with Gasteiger partial charge in [-0.2, -0.15) is 0 Å². The standard InChI is InChI=1S/C23H28N2O4/c1-4-6-18-9-10-21(22(15-18)28-3)29-17-23(26)25-13-11-24(12-14-25)19-7-5-8-20(16-19)27-2/h4-10,15-16H,11-14,17H2,1-3H3. The molecule has 0 radical (unpaired) electrons. The summed E-state index contributed by atoms with van der Waals surface area (Å²) in [5.41, 5.74) is 2.13. The van der Waals surface area contributed by atoms with Crippen molar-refractivity contribution < 1.29 is 19.0 Å². The Morgan fingerprint density at radius 2 is 1.79 bits per heavy atom. The van der Waals surface area contributed by atoms with E-state index in [4.69, 9.17) is 14.2 Å². The van der Waals surface area contributed by atoms with Crippen LogP contribution in [0, 0.1) is 0 Å². The highest BCUT2D eigenvalue weighted by Crippen LogP contribution is 2.28. The minimum absolute atomic E-state index is 0.00150. The second-order valence-electron chi connectivity index (χ2n) is 6.77. The van der Waals surface area contributed by atoms with Crippen molar-refractivity contribution in [2.45, 2.75) is 6.92 Å². The molecule has 2 aromatic rings. The second kappa shape index (κ2) is 9.87. The number of piperazine rings is 1. The van der Waals surface area contributed by atoms with Crippen LogP contribution in [0.15, 0.2) is 48.5 Å². The molecular formula is C23H28N2O4. The van der Waals surface area contributed by atoms with E-state index in [9.17, 15) is 4.79 Å². The molecule has 1 heterocycles. The zero-order valence-corrected chi connectivity index (χ0v) is 17.3. The summed E-state index contributed by atoms with van der Waals surface area (Å²) >= 11 is 0. The average Bonchev–Trinajstić information content (AvgIpc) is 2.78. The first-order valence-electron chi connectivity index (χ1n) is 9.75. The lowest BCUT2D eigenvalue weighted by Crippen LogP contribution is -2.50. The molecular weight excluding hydrogens is 368 g/mol. The van der Waals surface area contributed by atoms with Crippen molar-refractivity contribution in [1.82, 2.24) is 4.90 Å². The molecule has 6 heteroatoms. The van der Waals surface area contributed by atoms with E-state index in [1.165, 1.54) is 0 Å². The summed E-state index contributed by atoms with van der Waals surface area (Å²) in [6, 6.07) is 13.7. The van der Waals surface area contributed by atoms with Gasteiger partial charge in [0.25, 0.3) is 5.91 Å². The van der Waals surface area contributed by atoms with Crippen LogP contribution in [0.1, 0.15) is 12.5 Å². The number of allylic oxidation sites excluding steroid dienone is 1. The highest BCUT2D eigenvalue weighted by molar-refractivity contribution is 5.78. The van der Waals surface area contributed by atoms with Gasteiger partial charge in [0.05, 0.1) is 14.2 Å². The monoisotopic (exact) mass is 396 g/mol. The smallest absolute Gasteiger partial charge is 0.260 e. The molecule has 2 aromatic carbocycles. The van der Waals surface area contributed by atoms with Gasteiger partial charge in [-0.25, -0.2) is 0 Å². The SMILES string of the molecule is CC=Cc1ccc(OCC(=O)N2CCN(c3cccc(OC)c3)CC2)c(OC)c1. The fraction of sp³-hybridized carbons (Fsp3) is 0.348. The molecule has 0 aromatic heterocycles. The first kappa shape index (κ1) is 20.6. The van der Waals surface area contributed by atoms with Crippen molar-refractivity contribution >= 4 is 17.7 Å². The third-order valence-electron chi connectivity index (χ3n) is 4.95. The Hall–Kier alpha value is -3.15. The van der Waals surface area contributed by atoms with Gasteiger partial charge in [0.15, 0.2) is 18.1 Å². The van der Waals surface area contributed by atoms with E-state index in [0.717, 1.165) is 30.1 Å². The molecule has 29 heavy (non-hydrogen) atoms. The van der Waals surface area contributed by atoms with Crippen LogP contribution in [0.4, 0.5) is 5.69 Å². The van der Waals surface area contributed by atoms with E-state index in [-0.39, 0.29) is 12.5 Å². The normalized spacial score (nSPS) is 14.2. The molecule has 1 fully saturated rings. The van der Waals surface area contributed by atoms with Gasteiger partial charge in [-0.3, -0.25) is 4.79 Å². The number of nitrogens with zero attached hydrogens (tertiary/aromatic N) is 2. The zero-order chi connectivity index (χ0) is 20.6. The van der Waals surface area contributed by atoms with E-state index >= 15 is 0 Å². The Balaban J connectivity index is 1.53. The molecule has 1 aliphatic heterocycles. The van der Waals surface area contributed by atoms with Crippen molar-refractivity contribution in [2.24, 2.45) is 0 Å². The first-order valence-corrected chi connectivity index (χ1v) is 9.75. The largest absolute Gasteiger partial charge is 0.497 e. The van der Waals surface area contributed by atoms with E-state index in [1.807, 2.05) is 60.4 Å². The third-order valence-corrected chi connectivity index (χ3v) is 4.95. The van der Waals surface area contributed by atoms with Gasteiger partial charge < -0.3 is 24.0 Å². The quantitative estimate of drug-likeness (QED) is 0.717. The summed E-state index contributed by atoms with van der Waals surface area (Å²) < 4.78 is 16.4. The van der Waals surface area contributed by atoms with Crippen molar-refractivity contribution in [3.63, 3.8) is 0 Å². The topological polar surface area (TPSA) is 51.2 Å². The maximum Gasteiger partial charge on any atom is 0.260 e. The van der Waals surface area contributed by atoms with Gasteiger partial charge in [-0.05, 0) is 36.8 Å². The number of carbonyl (C=O) groups is 1. The van der Waals surface area contributed by atoms with Gasteiger partial charge in [-0.1, -0.05) is 24.3 Å². The Kier molecular flexibility index (Phi) is 7.00. The fourth-order valence-electron chi connectivity index (χ4n) is 3.35. The summed E-state index contributed by atoms with van der Waals surface area (Å²) in [4.78, 5) is 16.7. The number of ether oxygens (including phenoxy) is 3. The van der Waals surface area contributed by atoms with Gasteiger partial charge in [0.2, 0.25) is 0 Å². The molecule has 0 saturated carbocycles. The van der Waals surface area contributed by atoms with Gasteiger partial charge in [0, 0.05) is 37.9 Å². The van der Waals surface area contributed by atoms with E-state index in [0.29, 0.717) is 24.6 Å². The maximum atomic E-state index is 12.6. The molecule has 0 N–H and O–H groups in total. The Morgan fingerprint density at radius 1 is 1.00 bits per heavy atom. The van der Waals surface area contributed by atoms with Crippen molar-refractivity contribution in [3.8, 4) is 17.2 Å². The van der Waals surface area contributed by atoms with Crippen LogP contribution in [0.25, 0.3) is 6.08 Å². The van der Waals surface area contributed by atoms with Crippen molar-refractivity contribution in [1.29, 1.82) is 0 Å². The average molecular weight is 396 g/mol. The number of anilines is 1. The fourth-order valence-corrected chi connectivity index (χ4v) is 3.35. The lowest BCUT2D eigenvalue weighted by atomic mass is 10.2. The number of amides is 1. The van der Waals surface area contributed by atoms with Crippen molar-refractivity contribution in [3.05, 3.63) is 54.1 Å². The summed E-state index contributed by atoms with van der Waals surface area (Å²) in [6.45, 7) is 4.84. The molecule has 154 valence electrons. The number of carbonyl (C=O) groups excluding carboxylic acids is 1. The van der Waals surface area contributed by atoms with E-state index in [2.05, 4.69) is 11.0 Å². The molecule has 3 rings (SSSR count). The Labute approximate surface area is 172 Å². The van der Waals surface area contributed by atoms with E-state index in [1.54, 1.807) is 14.2 Å². The van der Waals surface area contributed by atoms with Crippen LogP contribution in [0.2, 0.25) is 0 Å². The molecule has 0 bridgehead atoms. The number of hydrogen-bond donors (Lipinski definition) is 0. The minimum atomic E-state index is -0.0186. The molecule has 1 aliphatic rings.